The first-order valence-corrected chi connectivity index (χ1v) is 7.81. The molecule has 5 heteroatoms. The fourth-order valence-electron chi connectivity index (χ4n) is 2.22. The van der Waals surface area contributed by atoms with Crippen LogP contribution >= 0.6 is 24.0 Å². The van der Waals surface area contributed by atoms with Gasteiger partial charge in [-0.1, -0.05) is 42.5 Å². The normalized spacial score (nSPS) is 10.7. The van der Waals surface area contributed by atoms with Gasteiger partial charge in [0.1, 0.15) is 5.75 Å². The van der Waals surface area contributed by atoms with E-state index in [0.717, 1.165) is 24.7 Å². The molecule has 0 saturated heterocycles. The van der Waals surface area contributed by atoms with Crippen LogP contribution in [0.25, 0.3) is 0 Å². The molecular formula is C19H26IN3O. The predicted octanol–water partition coefficient (Wildman–Crippen LogP) is 3.56. The Morgan fingerprint density at radius 2 is 1.67 bits per heavy atom. The molecule has 0 unspecified atom stereocenters. The number of hydrogen-bond acceptors (Lipinski definition) is 2. The molecule has 0 radical (unpaired) electrons. The Balaban J connectivity index is 0.00000288. The lowest BCUT2D eigenvalue weighted by Gasteiger charge is -2.17. The fraction of sp³-hybridized carbons (Fsp3) is 0.316. The topological polar surface area (TPSA) is 36.9 Å². The number of methoxy groups -OCH3 is 1. The van der Waals surface area contributed by atoms with Gasteiger partial charge >= 0.3 is 0 Å². The van der Waals surface area contributed by atoms with Gasteiger partial charge in [0.05, 0.1) is 13.7 Å². The maximum absolute atomic E-state index is 5.18. The van der Waals surface area contributed by atoms with Crippen LogP contribution in [0.5, 0.6) is 5.75 Å². The lowest BCUT2D eigenvalue weighted by Crippen LogP contribution is -2.37. The quantitative estimate of drug-likeness (QED) is 0.425. The third kappa shape index (κ3) is 6.78. The summed E-state index contributed by atoms with van der Waals surface area (Å²) in [5.74, 6) is 1.79. The summed E-state index contributed by atoms with van der Waals surface area (Å²) < 4.78 is 5.18. The van der Waals surface area contributed by atoms with Gasteiger partial charge in [0, 0.05) is 20.6 Å². The Hall–Kier alpha value is -1.76. The van der Waals surface area contributed by atoms with E-state index in [2.05, 4.69) is 34.6 Å². The molecule has 2 aromatic rings. The fourth-order valence-corrected chi connectivity index (χ4v) is 2.22. The van der Waals surface area contributed by atoms with Crippen molar-refractivity contribution in [3.63, 3.8) is 0 Å². The summed E-state index contributed by atoms with van der Waals surface area (Å²) >= 11 is 0. The van der Waals surface area contributed by atoms with E-state index in [4.69, 9.17) is 4.74 Å². The zero-order chi connectivity index (χ0) is 16.5. The number of aliphatic imine (C=N–C) groups is 1. The highest BCUT2D eigenvalue weighted by Gasteiger charge is 2.02. The molecule has 24 heavy (non-hydrogen) atoms. The summed E-state index contributed by atoms with van der Waals surface area (Å²) in [6, 6.07) is 18.5. The highest BCUT2D eigenvalue weighted by Crippen LogP contribution is 2.11. The summed E-state index contributed by atoms with van der Waals surface area (Å²) in [6.07, 6.45) is 0.947. The third-order valence-electron chi connectivity index (χ3n) is 3.53. The lowest BCUT2D eigenvalue weighted by atomic mass is 10.1. The van der Waals surface area contributed by atoms with Gasteiger partial charge in [0.15, 0.2) is 5.96 Å². The van der Waals surface area contributed by atoms with Crippen LogP contribution in [0, 0.1) is 0 Å². The van der Waals surface area contributed by atoms with E-state index in [1.807, 2.05) is 49.3 Å². The molecule has 2 aromatic carbocycles. The van der Waals surface area contributed by atoms with Crippen LogP contribution < -0.4 is 10.1 Å². The number of benzene rings is 2. The number of nitrogens with zero attached hydrogens (tertiary/aromatic N) is 2. The average Bonchev–Trinajstić information content (AvgIpc) is 2.59. The molecule has 0 bridgehead atoms. The van der Waals surface area contributed by atoms with Gasteiger partial charge in [0.2, 0.25) is 0 Å². The second kappa shape index (κ2) is 10.9. The minimum absolute atomic E-state index is 0. The molecule has 2 rings (SSSR count). The second-order valence-electron chi connectivity index (χ2n) is 5.54. The van der Waals surface area contributed by atoms with Gasteiger partial charge in [-0.15, -0.1) is 24.0 Å². The van der Waals surface area contributed by atoms with Gasteiger partial charge in [-0.2, -0.15) is 0 Å². The van der Waals surface area contributed by atoms with Gasteiger partial charge < -0.3 is 15.0 Å². The summed E-state index contributed by atoms with van der Waals surface area (Å²) in [5.41, 5.74) is 2.49. The Kier molecular flexibility index (Phi) is 9.22. The molecule has 0 aliphatic heterocycles. The van der Waals surface area contributed by atoms with Crippen LogP contribution in [0.15, 0.2) is 59.6 Å². The maximum atomic E-state index is 5.18. The number of hydrogen-bond donors (Lipinski definition) is 1. The van der Waals surface area contributed by atoms with Crippen molar-refractivity contribution in [2.75, 3.05) is 27.7 Å². The number of rotatable bonds is 6. The molecule has 0 aliphatic rings. The van der Waals surface area contributed by atoms with Crippen LogP contribution in [0.3, 0.4) is 0 Å². The van der Waals surface area contributed by atoms with Gasteiger partial charge in [0.25, 0.3) is 0 Å². The van der Waals surface area contributed by atoms with Crippen molar-refractivity contribution in [3.8, 4) is 5.75 Å². The molecule has 0 heterocycles. The second-order valence-corrected chi connectivity index (χ2v) is 5.54. The smallest absolute Gasteiger partial charge is 0.193 e. The standard InChI is InChI=1S/C19H25N3O.HI/c1-22(2)19(21-15-17-7-5-4-6-8-17)20-14-13-16-9-11-18(23-3)12-10-16;/h4-12H,13-15H2,1-3H3,(H,20,21);1H. The Labute approximate surface area is 162 Å². The predicted molar refractivity (Wildman–Crippen MR) is 111 cm³/mol. The highest BCUT2D eigenvalue weighted by molar-refractivity contribution is 14.0. The monoisotopic (exact) mass is 439 g/mol. The molecule has 130 valence electrons. The van der Waals surface area contributed by atoms with Gasteiger partial charge in [-0.3, -0.25) is 0 Å². The maximum Gasteiger partial charge on any atom is 0.193 e. The molecular weight excluding hydrogens is 413 g/mol. The van der Waals surface area contributed by atoms with Crippen LogP contribution in [-0.2, 0) is 13.0 Å². The minimum Gasteiger partial charge on any atom is -0.497 e. The van der Waals surface area contributed by atoms with Crippen molar-refractivity contribution in [1.82, 2.24) is 10.2 Å². The number of halogens is 1. The van der Waals surface area contributed by atoms with E-state index < -0.39 is 0 Å². The summed E-state index contributed by atoms with van der Waals surface area (Å²) in [5, 5.41) is 3.41. The molecule has 0 atom stereocenters. The Morgan fingerprint density at radius 1 is 1.00 bits per heavy atom. The average molecular weight is 439 g/mol. The van der Waals surface area contributed by atoms with Crippen LogP contribution in [0.1, 0.15) is 11.1 Å². The first-order chi connectivity index (χ1) is 11.2. The first kappa shape index (κ1) is 20.3. The van der Waals surface area contributed by atoms with Crippen molar-refractivity contribution in [1.29, 1.82) is 0 Å². The lowest BCUT2D eigenvalue weighted by molar-refractivity contribution is 0.414. The molecule has 0 fully saturated rings. The van der Waals surface area contributed by atoms with Crippen molar-refractivity contribution in [2.45, 2.75) is 13.0 Å². The number of guanidine groups is 1. The molecule has 1 N–H and O–H groups in total. The van der Waals surface area contributed by atoms with Gasteiger partial charge in [-0.25, -0.2) is 4.99 Å². The van der Waals surface area contributed by atoms with Crippen molar-refractivity contribution in [3.05, 3.63) is 65.7 Å². The van der Waals surface area contributed by atoms with Crippen LogP contribution in [0.2, 0.25) is 0 Å². The summed E-state index contributed by atoms with van der Waals surface area (Å²) in [6.45, 7) is 1.53. The zero-order valence-corrected chi connectivity index (χ0v) is 16.9. The largest absolute Gasteiger partial charge is 0.497 e. The molecule has 0 spiro atoms. The zero-order valence-electron chi connectivity index (χ0n) is 14.5. The van der Waals surface area contributed by atoms with Gasteiger partial charge in [-0.05, 0) is 29.7 Å². The van der Waals surface area contributed by atoms with E-state index in [-0.39, 0.29) is 24.0 Å². The Morgan fingerprint density at radius 3 is 2.25 bits per heavy atom. The van der Waals surface area contributed by atoms with Crippen LogP contribution in [0.4, 0.5) is 0 Å². The Bertz CT molecular complexity index is 612. The molecule has 0 aromatic heterocycles. The number of nitrogens with one attached hydrogen (secondary N) is 1. The van der Waals surface area contributed by atoms with E-state index >= 15 is 0 Å². The summed E-state index contributed by atoms with van der Waals surface area (Å²) in [4.78, 5) is 6.67. The van der Waals surface area contributed by atoms with Crippen molar-refractivity contribution < 1.29 is 4.74 Å². The van der Waals surface area contributed by atoms with Crippen molar-refractivity contribution in [2.24, 2.45) is 4.99 Å². The van der Waals surface area contributed by atoms with E-state index in [1.165, 1.54) is 11.1 Å². The number of ether oxygens (including phenoxy) is 1. The minimum atomic E-state index is 0. The van der Waals surface area contributed by atoms with E-state index in [1.54, 1.807) is 7.11 Å². The van der Waals surface area contributed by atoms with Crippen molar-refractivity contribution >= 4 is 29.9 Å². The third-order valence-corrected chi connectivity index (χ3v) is 3.53. The van der Waals surface area contributed by atoms with E-state index in [9.17, 15) is 0 Å². The molecule has 4 nitrogen and oxygen atoms in total. The van der Waals surface area contributed by atoms with Crippen LogP contribution in [-0.4, -0.2) is 38.6 Å². The molecule has 0 amide bonds. The van der Waals surface area contributed by atoms with E-state index in [0.29, 0.717) is 6.54 Å². The highest BCUT2D eigenvalue weighted by atomic mass is 127. The molecule has 0 saturated carbocycles. The molecule has 0 aliphatic carbocycles. The summed E-state index contributed by atoms with van der Waals surface area (Å²) in [7, 11) is 5.69. The SMILES string of the molecule is COc1ccc(CCNC(=NCc2ccccc2)N(C)C)cc1.I. The first-order valence-electron chi connectivity index (χ1n) is 7.81.